The molecule has 2 rings (SSSR count). The van der Waals surface area contributed by atoms with Crippen LogP contribution in [0.1, 0.15) is 20.7 Å². The van der Waals surface area contributed by atoms with E-state index in [9.17, 15) is 19.7 Å². The van der Waals surface area contributed by atoms with Gasteiger partial charge in [-0.3, -0.25) is 10.1 Å². The summed E-state index contributed by atoms with van der Waals surface area (Å²) in [6, 6.07) is 10.4. The monoisotopic (exact) mass is 287 g/mol. The van der Waals surface area contributed by atoms with Crippen LogP contribution in [0.25, 0.3) is 0 Å². The van der Waals surface area contributed by atoms with Gasteiger partial charge < -0.3 is 9.84 Å². The van der Waals surface area contributed by atoms with Crippen LogP contribution in [-0.4, -0.2) is 22.0 Å². The maximum absolute atomic E-state index is 11.9. The summed E-state index contributed by atoms with van der Waals surface area (Å²) in [5.74, 6) is -1.77. The van der Waals surface area contributed by atoms with Gasteiger partial charge in [-0.25, -0.2) is 9.59 Å². The van der Waals surface area contributed by atoms with Crippen molar-refractivity contribution in [2.75, 3.05) is 0 Å². The van der Waals surface area contributed by atoms with E-state index in [1.807, 2.05) is 0 Å². The summed E-state index contributed by atoms with van der Waals surface area (Å²) in [4.78, 5) is 32.6. The van der Waals surface area contributed by atoms with Crippen LogP contribution in [-0.2, 0) is 0 Å². The number of benzene rings is 2. The van der Waals surface area contributed by atoms with E-state index in [1.165, 1.54) is 48.5 Å². The summed E-state index contributed by atoms with van der Waals surface area (Å²) in [5.41, 5.74) is -0.0796. The topological polar surface area (TPSA) is 107 Å². The Morgan fingerprint density at radius 3 is 2.24 bits per heavy atom. The Morgan fingerprint density at radius 2 is 1.67 bits per heavy atom. The Morgan fingerprint density at radius 1 is 1.05 bits per heavy atom. The second kappa shape index (κ2) is 5.83. The number of non-ortho nitro benzene ring substituents is 1. The minimum Gasteiger partial charge on any atom is -0.478 e. The summed E-state index contributed by atoms with van der Waals surface area (Å²) < 4.78 is 5.02. The van der Waals surface area contributed by atoms with Gasteiger partial charge in [0, 0.05) is 12.1 Å². The molecule has 0 saturated heterocycles. The van der Waals surface area contributed by atoms with Crippen LogP contribution in [0.5, 0.6) is 5.75 Å². The fourth-order valence-electron chi connectivity index (χ4n) is 1.58. The molecular formula is C14H9NO6. The van der Waals surface area contributed by atoms with Crippen LogP contribution >= 0.6 is 0 Å². The highest BCUT2D eigenvalue weighted by atomic mass is 16.6. The first-order valence-electron chi connectivity index (χ1n) is 5.77. The normalized spacial score (nSPS) is 9.90. The molecule has 0 spiro atoms. The first kappa shape index (κ1) is 14.2. The van der Waals surface area contributed by atoms with E-state index in [1.54, 1.807) is 0 Å². The molecule has 0 aliphatic carbocycles. The van der Waals surface area contributed by atoms with E-state index < -0.39 is 16.9 Å². The Bertz CT molecular complexity index is 708. The zero-order valence-corrected chi connectivity index (χ0v) is 10.6. The number of hydrogen-bond acceptors (Lipinski definition) is 5. The maximum atomic E-state index is 11.9. The number of carbonyl (C=O) groups excluding carboxylic acids is 1. The molecule has 0 amide bonds. The molecule has 0 unspecified atom stereocenters. The Labute approximate surface area is 118 Å². The highest BCUT2D eigenvalue weighted by Gasteiger charge is 2.12. The van der Waals surface area contributed by atoms with Crippen LogP contribution < -0.4 is 4.74 Å². The van der Waals surface area contributed by atoms with Crippen LogP contribution in [0.15, 0.2) is 48.5 Å². The zero-order chi connectivity index (χ0) is 15.4. The molecule has 0 radical (unpaired) electrons. The van der Waals surface area contributed by atoms with Crippen molar-refractivity contribution in [3.8, 4) is 5.75 Å². The summed E-state index contributed by atoms with van der Waals surface area (Å²) in [5, 5.41) is 19.3. The highest BCUT2D eigenvalue weighted by molar-refractivity contribution is 5.95. The Hall–Kier alpha value is -3.22. The second-order valence-electron chi connectivity index (χ2n) is 4.03. The van der Waals surface area contributed by atoms with E-state index in [0.29, 0.717) is 0 Å². The predicted octanol–water partition coefficient (Wildman–Crippen LogP) is 2.51. The fourth-order valence-corrected chi connectivity index (χ4v) is 1.58. The molecule has 0 fully saturated rings. The van der Waals surface area contributed by atoms with Gasteiger partial charge in [0.05, 0.1) is 16.1 Å². The van der Waals surface area contributed by atoms with Crippen molar-refractivity contribution in [1.29, 1.82) is 0 Å². The maximum Gasteiger partial charge on any atom is 0.343 e. The third-order valence-corrected chi connectivity index (χ3v) is 2.60. The van der Waals surface area contributed by atoms with Crippen LogP contribution in [0.2, 0.25) is 0 Å². The average Bonchev–Trinajstić information content (AvgIpc) is 2.48. The van der Waals surface area contributed by atoms with E-state index in [4.69, 9.17) is 9.84 Å². The fraction of sp³-hybridized carbons (Fsp3) is 0. The number of rotatable bonds is 4. The van der Waals surface area contributed by atoms with Gasteiger partial charge in [0.25, 0.3) is 5.69 Å². The van der Waals surface area contributed by atoms with Crippen LogP contribution in [0, 0.1) is 10.1 Å². The van der Waals surface area contributed by atoms with Crippen molar-refractivity contribution in [2.24, 2.45) is 0 Å². The van der Waals surface area contributed by atoms with E-state index >= 15 is 0 Å². The van der Waals surface area contributed by atoms with Gasteiger partial charge in [0.15, 0.2) is 0 Å². The predicted molar refractivity (Wildman–Crippen MR) is 71.5 cm³/mol. The number of hydrogen-bond donors (Lipinski definition) is 1. The Kier molecular flexibility index (Phi) is 3.94. The van der Waals surface area contributed by atoms with Crippen molar-refractivity contribution >= 4 is 17.6 Å². The number of ether oxygens (including phenoxy) is 1. The molecule has 0 saturated carbocycles. The SMILES string of the molecule is O=C(O)c1cccc(C(=O)Oc2ccc([N+](=O)[O-])cc2)c1. The van der Waals surface area contributed by atoms with Crippen molar-refractivity contribution in [3.05, 3.63) is 69.8 Å². The van der Waals surface area contributed by atoms with Crippen molar-refractivity contribution in [2.45, 2.75) is 0 Å². The minimum atomic E-state index is -1.15. The molecule has 0 bridgehead atoms. The van der Waals surface area contributed by atoms with E-state index in [0.717, 1.165) is 0 Å². The molecule has 0 aliphatic heterocycles. The number of nitro groups is 1. The van der Waals surface area contributed by atoms with Gasteiger partial charge in [-0.2, -0.15) is 0 Å². The van der Waals surface area contributed by atoms with E-state index in [-0.39, 0.29) is 22.6 Å². The molecule has 21 heavy (non-hydrogen) atoms. The number of aromatic carboxylic acids is 1. The molecule has 0 heterocycles. The van der Waals surface area contributed by atoms with Crippen LogP contribution in [0.3, 0.4) is 0 Å². The first-order chi connectivity index (χ1) is 9.97. The van der Waals surface area contributed by atoms with Gasteiger partial charge >= 0.3 is 11.9 Å². The molecule has 106 valence electrons. The molecule has 1 N–H and O–H groups in total. The third kappa shape index (κ3) is 3.41. The number of esters is 1. The van der Waals surface area contributed by atoms with E-state index in [2.05, 4.69) is 0 Å². The molecule has 0 atom stereocenters. The quantitative estimate of drug-likeness (QED) is 0.400. The van der Waals surface area contributed by atoms with Gasteiger partial charge in [-0.1, -0.05) is 6.07 Å². The molecule has 2 aromatic rings. The summed E-state index contributed by atoms with van der Waals surface area (Å²) in [6.45, 7) is 0. The molecule has 0 aromatic heterocycles. The Balaban J connectivity index is 2.16. The molecule has 7 nitrogen and oxygen atoms in total. The second-order valence-corrected chi connectivity index (χ2v) is 4.03. The molecule has 7 heteroatoms. The van der Waals surface area contributed by atoms with Gasteiger partial charge in [0.1, 0.15) is 5.75 Å². The number of nitro benzene ring substituents is 1. The van der Waals surface area contributed by atoms with Crippen molar-refractivity contribution in [3.63, 3.8) is 0 Å². The molecule has 2 aromatic carbocycles. The number of carbonyl (C=O) groups is 2. The number of carboxylic acid groups (broad SMARTS) is 1. The smallest absolute Gasteiger partial charge is 0.343 e. The lowest BCUT2D eigenvalue weighted by Gasteiger charge is -2.04. The van der Waals surface area contributed by atoms with Crippen molar-refractivity contribution < 1.29 is 24.4 Å². The number of nitrogens with zero attached hydrogens (tertiary/aromatic N) is 1. The summed E-state index contributed by atoms with van der Waals surface area (Å²) in [7, 11) is 0. The number of carboxylic acids is 1. The van der Waals surface area contributed by atoms with Gasteiger partial charge in [-0.05, 0) is 30.3 Å². The lowest BCUT2D eigenvalue weighted by atomic mass is 10.1. The lowest BCUT2D eigenvalue weighted by molar-refractivity contribution is -0.384. The van der Waals surface area contributed by atoms with Crippen LogP contribution in [0.4, 0.5) is 5.69 Å². The highest BCUT2D eigenvalue weighted by Crippen LogP contribution is 2.18. The van der Waals surface area contributed by atoms with Crippen molar-refractivity contribution in [1.82, 2.24) is 0 Å². The lowest BCUT2D eigenvalue weighted by Crippen LogP contribution is -2.09. The first-order valence-corrected chi connectivity index (χ1v) is 5.77. The van der Waals surface area contributed by atoms with Gasteiger partial charge in [-0.15, -0.1) is 0 Å². The average molecular weight is 287 g/mol. The standard InChI is InChI=1S/C14H9NO6/c16-13(17)9-2-1-3-10(8-9)14(18)21-12-6-4-11(5-7-12)15(19)20/h1-8H,(H,16,17). The third-order valence-electron chi connectivity index (χ3n) is 2.60. The summed E-state index contributed by atoms with van der Waals surface area (Å²) >= 11 is 0. The largest absolute Gasteiger partial charge is 0.478 e. The molecular weight excluding hydrogens is 278 g/mol. The minimum absolute atomic E-state index is 0.0341. The van der Waals surface area contributed by atoms with Gasteiger partial charge in [0.2, 0.25) is 0 Å². The zero-order valence-electron chi connectivity index (χ0n) is 10.6. The molecule has 0 aliphatic rings. The summed E-state index contributed by atoms with van der Waals surface area (Å²) in [6.07, 6.45) is 0.